The van der Waals surface area contributed by atoms with Gasteiger partial charge in [-0.2, -0.15) is 0 Å². The predicted molar refractivity (Wildman–Crippen MR) is 79.7 cm³/mol. The number of nitrogens with zero attached hydrogens (tertiary/aromatic N) is 1. The molecule has 1 atom stereocenters. The third kappa shape index (κ3) is 3.30. The van der Waals surface area contributed by atoms with Crippen molar-refractivity contribution >= 4 is 33.4 Å². The second-order valence-corrected chi connectivity index (χ2v) is 5.65. The molecule has 2 rings (SSSR count). The fourth-order valence-electron chi connectivity index (χ4n) is 2.16. The molecule has 0 aliphatic carbocycles. The Balaban J connectivity index is 2.11. The average molecular weight is 341 g/mol. The van der Waals surface area contributed by atoms with Crippen molar-refractivity contribution < 1.29 is 14.3 Å². The quantitative estimate of drug-likeness (QED) is 0.914. The van der Waals surface area contributed by atoms with E-state index in [1.165, 1.54) is 0 Å². The second kappa shape index (κ2) is 6.26. The molecular formula is C14H17BrN2O3. The van der Waals surface area contributed by atoms with Crippen LogP contribution >= 0.6 is 15.9 Å². The van der Waals surface area contributed by atoms with Gasteiger partial charge in [-0.25, -0.2) is 0 Å². The molecule has 0 aromatic heterocycles. The minimum Gasteiger partial charge on any atom is -0.492 e. The summed E-state index contributed by atoms with van der Waals surface area (Å²) in [5, 5.41) is 2.85. The van der Waals surface area contributed by atoms with Gasteiger partial charge >= 0.3 is 0 Å². The topological polar surface area (TPSA) is 58.6 Å². The molecule has 1 aliphatic heterocycles. The zero-order valence-electron chi connectivity index (χ0n) is 11.5. The number of benzene rings is 1. The van der Waals surface area contributed by atoms with Crippen LogP contribution in [0.1, 0.15) is 13.3 Å². The van der Waals surface area contributed by atoms with E-state index < -0.39 is 0 Å². The van der Waals surface area contributed by atoms with Crippen LogP contribution in [0.25, 0.3) is 0 Å². The Bertz CT molecular complexity index is 533. The largest absolute Gasteiger partial charge is 0.492 e. The maximum atomic E-state index is 12.2. The summed E-state index contributed by atoms with van der Waals surface area (Å²) in [7, 11) is 1.71. The Morgan fingerprint density at radius 1 is 1.55 bits per heavy atom. The first-order valence-corrected chi connectivity index (χ1v) is 7.27. The average Bonchev–Trinajstić information content (AvgIpc) is 2.73. The third-order valence-electron chi connectivity index (χ3n) is 3.21. The Morgan fingerprint density at radius 2 is 2.30 bits per heavy atom. The van der Waals surface area contributed by atoms with Gasteiger partial charge < -0.3 is 15.0 Å². The molecule has 1 aromatic rings. The highest BCUT2D eigenvalue weighted by Crippen LogP contribution is 2.29. The summed E-state index contributed by atoms with van der Waals surface area (Å²) in [5.74, 6) is 0.175. The van der Waals surface area contributed by atoms with Gasteiger partial charge in [-0.1, -0.05) is 15.9 Å². The van der Waals surface area contributed by atoms with E-state index in [1.807, 2.05) is 13.0 Å². The Kier molecular flexibility index (Phi) is 4.65. The van der Waals surface area contributed by atoms with Gasteiger partial charge in [0.1, 0.15) is 5.75 Å². The van der Waals surface area contributed by atoms with Gasteiger partial charge in [-0.05, 0) is 25.1 Å². The van der Waals surface area contributed by atoms with Crippen molar-refractivity contribution in [1.82, 2.24) is 4.90 Å². The zero-order chi connectivity index (χ0) is 14.7. The van der Waals surface area contributed by atoms with E-state index in [9.17, 15) is 9.59 Å². The molecule has 1 fully saturated rings. The van der Waals surface area contributed by atoms with E-state index in [-0.39, 0.29) is 24.2 Å². The van der Waals surface area contributed by atoms with E-state index in [1.54, 1.807) is 24.1 Å². The van der Waals surface area contributed by atoms with Crippen molar-refractivity contribution in [1.29, 1.82) is 0 Å². The number of amides is 2. The molecule has 1 heterocycles. The summed E-state index contributed by atoms with van der Waals surface area (Å²) in [6.45, 7) is 2.87. The molecule has 0 unspecified atom stereocenters. The molecule has 6 heteroatoms. The first kappa shape index (κ1) is 14.8. The Labute approximate surface area is 126 Å². The standard InChI is InChI=1S/C14H17BrN2O3/c1-3-20-12-5-4-10(15)7-11(12)16-14(19)9-6-13(18)17(2)8-9/h4-5,7,9H,3,6,8H2,1-2H3,(H,16,19)/t9-/m1/s1. The maximum absolute atomic E-state index is 12.2. The van der Waals surface area contributed by atoms with E-state index in [2.05, 4.69) is 21.2 Å². The highest BCUT2D eigenvalue weighted by Gasteiger charge is 2.32. The number of likely N-dealkylation sites (tertiary alicyclic amines) is 1. The van der Waals surface area contributed by atoms with E-state index in [0.717, 1.165) is 4.47 Å². The van der Waals surface area contributed by atoms with Gasteiger partial charge in [-0.3, -0.25) is 9.59 Å². The molecule has 0 saturated carbocycles. The van der Waals surface area contributed by atoms with Gasteiger partial charge in [0.15, 0.2) is 0 Å². The van der Waals surface area contributed by atoms with Crippen LogP contribution in [0.5, 0.6) is 5.75 Å². The number of halogens is 1. The molecule has 0 radical (unpaired) electrons. The first-order chi connectivity index (χ1) is 9.51. The Morgan fingerprint density at radius 3 is 2.90 bits per heavy atom. The molecular weight excluding hydrogens is 324 g/mol. The predicted octanol–water partition coefficient (Wildman–Crippen LogP) is 2.26. The van der Waals surface area contributed by atoms with Gasteiger partial charge in [-0.15, -0.1) is 0 Å². The van der Waals surface area contributed by atoms with Gasteiger partial charge in [0.05, 0.1) is 18.2 Å². The lowest BCUT2D eigenvalue weighted by Crippen LogP contribution is -2.26. The second-order valence-electron chi connectivity index (χ2n) is 4.74. The van der Waals surface area contributed by atoms with E-state index in [0.29, 0.717) is 24.6 Å². The van der Waals surface area contributed by atoms with Crippen LogP contribution < -0.4 is 10.1 Å². The number of ether oxygens (including phenoxy) is 1. The Hall–Kier alpha value is -1.56. The summed E-state index contributed by atoms with van der Waals surface area (Å²) in [4.78, 5) is 25.3. The fourth-order valence-corrected chi connectivity index (χ4v) is 2.52. The van der Waals surface area contributed by atoms with Gasteiger partial charge in [0.2, 0.25) is 11.8 Å². The number of anilines is 1. The van der Waals surface area contributed by atoms with Crippen LogP contribution in [0.2, 0.25) is 0 Å². The summed E-state index contributed by atoms with van der Waals surface area (Å²) >= 11 is 3.37. The minimum absolute atomic E-state index is 0.00410. The van der Waals surface area contributed by atoms with Crippen LogP contribution in [0.15, 0.2) is 22.7 Å². The normalized spacial score (nSPS) is 18.2. The van der Waals surface area contributed by atoms with Gasteiger partial charge in [0, 0.05) is 24.5 Å². The monoisotopic (exact) mass is 340 g/mol. The molecule has 1 aromatic carbocycles. The first-order valence-electron chi connectivity index (χ1n) is 6.48. The highest BCUT2D eigenvalue weighted by molar-refractivity contribution is 9.10. The summed E-state index contributed by atoms with van der Waals surface area (Å²) in [5.41, 5.74) is 0.619. The SMILES string of the molecule is CCOc1ccc(Br)cc1NC(=O)[C@@H]1CC(=O)N(C)C1. The van der Waals surface area contributed by atoms with Crippen LogP contribution in [-0.4, -0.2) is 36.9 Å². The molecule has 1 aliphatic rings. The molecule has 1 saturated heterocycles. The number of rotatable bonds is 4. The van der Waals surface area contributed by atoms with Crippen molar-refractivity contribution in [2.75, 3.05) is 25.5 Å². The maximum Gasteiger partial charge on any atom is 0.229 e. The summed E-state index contributed by atoms with van der Waals surface area (Å²) in [6, 6.07) is 5.45. The third-order valence-corrected chi connectivity index (χ3v) is 3.70. The van der Waals surface area contributed by atoms with Crippen molar-refractivity contribution in [3.05, 3.63) is 22.7 Å². The number of hydrogen-bond donors (Lipinski definition) is 1. The number of hydrogen-bond acceptors (Lipinski definition) is 3. The lowest BCUT2D eigenvalue weighted by Gasteiger charge is -2.14. The molecule has 2 amide bonds. The lowest BCUT2D eigenvalue weighted by molar-refractivity contribution is -0.127. The van der Waals surface area contributed by atoms with Crippen molar-refractivity contribution in [2.24, 2.45) is 5.92 Å². The molecule has 0 bridgehead atoms. The van der Waals surface area contributed by atoms with E-state index in [4.69, 9.17) is 4.74 Å². The van der Waals surface area contributed by atoms with Crippen LogP contribution in [0, 0.1) is 5.92 Å². The highest BCUT2D eigenvalue weighted by atomic mass is 79.9. The van der Waals surface area contributed by atoms with Crippen LogP contribution in [0.4, 0.5) is 5.69 Å². The molecule has 108 valence electrons. The zero-order valence-corrected chi connectivity index (χ0v) is 13.1. The minimum atomic E-state index is -0.305. The van der Waals surface area contributed by atoms with Crippen molar-refractivity contribution in [3.63, 3.8) is 0 Å². The van der Waals surface area contributed by atoms with Crippen LogP contribution in [-0.2, 0) is 9.59 Å². The summed E-state index contributed by atoms with van der Waals surface area (Å²) in [6.07, 6.45) is 0.264. The number of nitrogens with one attached hydrogen (secondary N) is 1. The molecule has 0 spiro atoms. The lowest BCUT2D eigenvalue weighted by atomic mass is 10.1. The van der Waals surface area contributed by atoms with Crippen molar-refractivity contribution in [2.45, 2.75) is 13.3 Å². The van der Waals surface area contributed by atoms with E-state index >= 15 is 0 Å². The smallest absolute Gasteiger partial charge is 0.229 e. The number of carbonyl (C=O) groups is 2. The van der Waals surface area contributed by atoms with Gasteiger partial charge in [0.25, 0.3) is 0 Å². The van der Waals surface area contributed by atoms with Crippen LogP contribution in [0.3, 0.4) is 0 Å². The summed E-state index contributed by atoms with van der Waals surface area (Å²) < 4.78 is 6.34. The molecule has 20 heavy (non-hydrogen) atoms. The molecule has 1 N–H and O–H groups in total. The molecule has 5 nitrogen and oxygen atoms in total. The number of carbonyl (C=O) groups excluding carboxylic acids is 2. The fraction of sp³-hybridized carbons (Fsp3) is 0.429. The van der Waals surface area contributed by atoms with Crippen molar-refractivity contribution in [3.8, 4) is 5.75 Å².